The minimum absolute atomic E-state index is 0.231. The summed E-state index contributed by atoms with van der Waals surface area (Å²) in [5.74, 6) is -0.761. The summed E-state index contributed by atoms with van der Waals surface area (Å²) in [7, 11) is 1.57. The van der Waals surface area contributed by atoms with Crippen LogP contribution in [0.15, 0.2) is 61.2 Å². The Morgan fingerprint density at radius 2 is 1.92 bits per heavy atom. The predicted octanol–water partition coefficient (Wildman–Crippen LogP) is 1.53. The molecule has 8 nitrogen and oxygen atoms in total. The van der Waals surface area contributed by atoms with Crippen molar-refractivity contribution < 1.29 is 14.3 Å². The number of hydrogen-bond donors (Lipinski definition) is 2. The van der Waals surface area contributed by atoms with Crippen LogP contribution in [0, 0.1) is 0 Å². The number of nitrogens with one attached hydrogen (secondary N) is 2. The first-order valence-electron chi connectivity index (χ1n) is 7.83. The number of amides is 2. The Morgan fingerprint density at radius 1 is 1.12 bits per heavy atom. The molecule has 0 bridgehead atoms. The number of rotatable bonds is 5. The van der Waals surface area contributed by atoms with Crippen molar-refractivity contribution in [1.29, 1.82) is 0 Å². The molecular weight excluding hydrogens is 334 g/mol. The molecule has 2 amide bonds. The number of anilines is 1. The zero-order valence-electron chi connectivity index (χ0n) is 14.0. The topological polar surface area (TPSA) is 98.1 Å². The largest absolute Gasteiger partial charge is 0.497 e. The van der Waals surface area contributed by atoms with Crippen LogP contribution in [-0.2, 0) is 16.1 Å². The molecule has 0 aliphatic heterocycles. The van der Waals surface area contributed by atoms with Crippen LogP contribution in [0.25, 0.3) is 5.69 Å². The van der Waals surface area contributed by atoms with Gasteiger partial charge in [0.25, 0.3) is 0 Å². The number of carbonyl (C=O) groups is 2. The van der Waals surface area contributed by atoms with Crippen LogP contribution in [0.2, 0.25) is 0 Å². The minimum Gasteiger partial charge on any atom is -0.497 e. The fourth-order valence-electron chi connectivity index (χ4n) is 2.27. The maximum absolute atomic E-state index is 12.0. The highest BCUT2D eigenvalue weighted by Crippen LogP contribution is 2.13. The van der Waals surface area contributed by atoms with E-state index in [2.05, 4.69) is 20.7 Å². The highest BCUT2D eigenvalue weighted by Gasteiger charge is 2.13. The van der Waals surface area contributed by atoms with Crippen LogP contribution in [0.5, 0.6) is 5.75 Å². The van der Waals surface area contributed by atoms with E-state index in [0.717, 1.165) is 11.3 Å². The Morgan fingerprint density at radius 3 is 2.62 bits per heavy atom. The molecule has 2 aromatic carbocycles. The normalized spacial score (nSPS) is 10.2. The van der Waals surface area contributed by atoms with Gasteiger partial charge in [0.2, 0.25) is 0 Å². The summed E-state index contributed by atoms with van der Waals surface area (Å²) in [5.41, 5.74) is 2.14. The molecule has 2 N–H and O–H groups in total. The molecule has 3 rings (SSSR count). The fraction of sp³-hybridized carbons (Fsp3) is 0.111. The average Bonchev–Trinajstić information content (AvgIpc) is 3.21. The van der Waals surface area contributed by atoms with Crippen LogP contribution in [0.3, 0.4) is 0 Å². The second kappa shape index (κ2) is 7.93. The third-order valence-corrected chi connectivity index (χ3v) is 3.60. The number of methoxy groups -OCH3 is 1. The molecule has 0 aliphatic carbocycles. The molecule has 0 aliphatic rings. The summed E-state index contributed by atoms with van der Waals surface area (Å²) >= 11 is 0. The zero-order chi connectivity index (χ0) is 18.4. The van der Waals surface area contributed by atoms with Gasteiger partial charge in [-0.25, -0.2) is 9.67 Å². The first-order chi connectivity index (χ1) is 12.7. The molecule has 0 spiro atoms. The Balaban J connectivity index is 1.54. The van der Waals surface area contributed by atoms with Crippen molar-refractivity contribution in [3.63, 3.8) is 0 Å². The molecule has 132 valence electrons. The molecule has 0 saturated carbocycles. The number of carbonyl (C=O) groups excluding carboxylic acids is 2. The van der Waals surface area contributed by atoms with Gasteiger partial charge >= 0.3 is 11.8 Å². The van der Waals surface area contributed by atoms with Crippen LogP contribution in [0.1, 0.15) is 5.56 Å². The molecule has 0 unspecified atom stereocenters. The first kappa shape index (κ1) is 17.2. The molecular formula is C18H17N5O3. The Kier molecular flexibility index (Phi) is 5.23. The lowest BCUT2D eigenvalue weighted by molar-refractivity contribution is -0.136. The molecule has 1 aromatic heterocycles. The maximum atomic E-state index is 12.0. The molecule has 26 heavy (non-hydrogen) atoms. The first-order valence-corrected chi connectivity index (χ1v) is 7.83. The van der Waals surface area contributed by atoms with Crippen LogP contribution in [-0.4, -0.2) is 33.7 Å². The van der Waals surface area contributed by atoms with Crippen molar-refractivity contribution in [2.45, 2.75) is 6.54 Å². The number of benzene rings is 2. The number of nitrogens with zero attached hydrogens (tertiary/aromatic N) is 3. The maximum Gasteiger partial charge on any atom is 0.313 e. The van der Waals surface area contributed by atoms with Gasteiger partial charge in [-0.1, -0.05) is 12.1 Å². The standard InChI is InChI=1S/C18H17N5O3/c1-26-16-4-2-3-13(9-16)10-20-17(24)18(25)22-14-5-7-15(8-6-14)23-12-19-11-21-23/h2-9,11-12H,10H2,1H3,(H,20,24)(H,22,25). The van der Waals surface area contributed by atoms with Crippen molar-refractivity contribution in [3.05, 3.63) is 66.7 Å². The summed E-state index contributed by atoms with van der Waals surface area (Å²) < 4.78 is 6.71. The number of aromatic nitrogens is 3. The lowest BCUT2D eigenvalue weighted by Gasteiger charge is -2.08. The van der Waals surface area contributed by atoms with E-state index in [0.29, 0.717) is 11.4 Å². The molecule has 3 aromatic rings. The highest BCUT2D eigenvalue weighted by atomic mass is 16.5. The van der Waals surface area contributed by atoms with Gasteiger partial charge in [-0.2, -0.15) is 5.10 Å². The van der Waals surface area contributed by atoms with E-state index >= 15 is 0 Å². The second-order valence-electron chi connectivity index (χ2n) is 5.38. The number of ether oxygens (including phenoxy) is 1. The van der Waals surface area contributed by atoms with E-state index in [1.54, 1.807) is 54.5 Å². The van der Waals surface area contributed by atoms with Crippen LogP contribution in [0.4, 0.5) is 5.69 Å². The molecule has 0 radical (unpaired) electrons. The monoisotopic (exact) mass is 351 g/mol. The summed E-state index contributed by atoms with van der Waals surface area (Å²) in [5, 5.41) is 9.14. The van der Waals surface area contributed by atoms with Gasteiger partial charge in [-0.15, -0.1) is 0 Å². The van der Waals surface area contributed by atoms with Gasteiger partial charge in [0.1, 0.15) is 18.4 Å². The van der Waals surface area contributed by atoms with Gasteiger partial charge < -0.3 is 15.4 Å². The van der Waals surface area contributed by atoms with E-state index < -0.39 is 11.8 Å². The zero-order valence-corrected chi connectivity index (χ0v) is 14.0. The van der Waals surface area contributed by atoms with E-state index in [4.69, 9.17) is 4.74 Å². The van der Waals surface area contributed by atoms with E-state index in [-0.39, 0.29) is 6.54 Å². The highest BCUT2D eigenvalue weighted by molar-refractivity contribution is 6.39. The summed E-state index contributed by atoms with van der Waals surface area (Å²) in [6.45, 7) is 0.231. The fourth-order valence-corrected chi connectivity index (χ4v) is 2.27. The summed E-state index contributed by atoms with van der Waals surface area (Å²) in [4.78, 5) is 27.8. The third-order valence-electron chi connectivity index (χ3n) is 3.60. The third kappa shape index (κ3) is 4.23. The van der Waals surface area contributed by atoms with Crippen molar-refractivity contribution in [2.75, 3.05) is 12.4 Å². The lowest BCUT2D eigenvalue weighted by atomic mass is 10.2. The van der Waals surface area contributed by atoms with Crippen molar-refractivity contribution in [1.82, 2.24) is 20.1 Å². The average molecular weight is 351 g/mol. The number of hydrogen-bond acceptors (Lipinski definition) is 5. The van der Waals surface area contributed by atoms with Gasteiger partial charge in [0.15, 0.2) is 0 Å². The van der Waals surface area contributed by atoms with Crippen molar-refractivity contribution in [2.24, 2.45) is 0 Å². The molecule has 0 fully saturated rings. The quantitative estimate of drug-likeness (QED) is 0.679. The van der Waals surface area contributed by atoms with Gasteiger partial charge in [0.05, 0.1) is 12.8 Å². The Hall–Kier alpha value is -3.68. The van der Waals surface area contributed by atoms with Gasteiger partial charge in [-0.3, -0.25) is 9.59 Å². The van der Waals surface area contributed by atoms with Crippen molar-refractivity contribution >= 4 is 17.5 Å². The predicted molar refractivity (Wildman–Crippen MR) is 94.8 cm³/mol. The lowest BCUT2D eigenvalue weighted by Crippen LogP contribution is -2.34. The van der Waals surface area contributed by atoms with Gasteiger partial charge in [-0.05, 0) is 42.0 Å². The Labute approximate surface area is 149 Å². The SMILES string of the molecule is COc1cccc(CNC(=O)C(=O)Nc2ccc(-n3cncn3)cc2)c1. The van der Waals surface area contributed by atoms with Gasteiger partial charge in [0, 0.05) is 12.2 Å². The molecule has 8 heteroatoms. The summed E-state index contributed by atoms with van der Waals surface area (Å²) in [6.07, 6.45) is 3.00. The van der Waals surface area contributed by atoms with E-state index in [1.807, 2.05) is 12.1 Å². The summed E-state index contributed by atoms with van der Waals surface area (Å²) in [6, 6.07) is 14.1. The van der Waals surface area contributed by atoms with Crippen molar-refractivity contribution in [3.8, 4) is 11.4 Å². The Bertz CT molecular complexity index is 891. The van der Waals surface area contributed by atoms with E-state index in [9.17, 15) is 9.59 Å². The molecule has 0 atom stereocenters. The second-order valence-corrected chi connectivity index (χ2v) is 5.38. The molecule has 0 saturated heterocycles. The minimum atomic E-state index is -0.735. The van der Waals surface area contributed by atoms with E-state index in [1.165, 1.54) is 6.33 Å². The molecule has 1 heterocycles. The smallest absolute Gasteiger partial charge is 0.313 e. The van der Waals surface area contributed by atoms with Crippen LogP contribution < -0.4 is 15.4 Å². The van der Waals surface area contributed by atoms with Crippen LogP contribution >= 0.6 is 0 Å².